The fraction of sp³-hybridized carbons (Fsp3) is 0.581. The third-order valence-corrected chi connectivity index (χ3v) is 9.10. The van der Waals surface area contributed by atoms with E-state index in [9.17, 15) is 24.0 Å². The lowest BCUT2D eigenvalue weighted by molar-refractivity contribution is -0.197. The van der Waals surface area contributed by atoms with E-state index in [0.29, 0.717) is 87.4 Å². The van der Waals surface area contributed by atoms with Gasteiger partial charge in [-0.2, -0.15) is 0 Å². The molecule has 17 nitrogen and oxygen atoms in total. The Morgan fingerprint density at radius 1 is 0.760 bits per heavy atom. The van der Waals surface area contributed by atoms with Crippen LogP contribution in [0, 0.1) is 6.92 Å². The minimum absolute atomic E-state index is 0.0512. The van der Waals surface area contributed by atoms with Crippen molar-refractivity contribution in [1.29, 1.82) is 0 Å². The normalized spacial score (nSPS) is 12.7. The molecule has 274 valence electrons. The van der Waals surface area contributed by atoms with Crippen LogP contribution in [0.2, 0.25) is 0 Å². The highest BCUT2D eigenvalue weighted by molar-refractivity contribution is 8.76. The Morgan fingerprint density at radius 2 is 1.30 bits per heavy atom. The number of aryl methyl sites for hydroxylation is 1. The number of anilines is 1. The third-order valence-electron chi connectivity index (χ3n) is 6.69. The molecule has 19 heteroatoms. The Morgan fingerprint density at radius 3 is 1.90 bits per heavy atom. The van der Waals surface area contributed by atoms with Gasteiger partial charge in [0, 0.05) is 55.6 Å². The number of hydroxylamine groups is 2. The van der Waals surface area contributed by atoms with Gasteiger partial charge in [0.05, 0.1) is 65.7 Å². The number of benzene rings is 1. The zero-order chi connectivity index (χ0) is 36.0. The number of carbonyl (C=O) groups excluding carboxylic acids is 5. The van der Waals surface area contributed by atoms with Crippen LogP contribution >= 0.6 is 21.6 Å². The summed E-state index contributed by atoms with van der Waals surface area (Å²) in [6, 6.07) is 7.25. The molecule has 4 amide bonds. The molecule has 50 heavy (non-hydrogen) atoms. The van der Waals surface area contributed by atoms with Crippen molar-refractivity contribution in [2.24, 2.45) is 0 Å². The smallest absolute Gasteiger partial charge is 0.334 e. The van der Waals surface area contributed by atoms with Crippen molar-refractivity contribution in [2.45, 2.75) is 39.0 Å². The van der Waals surface area contributed by atoms with Crippen LogP contribution < -0.4 is 10.2 Å². The molecule has 1 aliphatic rings. The number of carbonyl (C=O) groups is 5. The van der Waals surface area contributed by atoms with Crippen molar-refractivity contribution in [2.75, 3.05) is 82.9 Å². The van der Waals surface area contributed by atoms with E-state index in [4.69, 9.17) is 23.8 Å². The van der Waals surface area contributed by atoms with E-state index in [1.807, 2.05) is 24.3 Å². The van der Waals surface area contributed by atoms with Gasteiger partial charge in [-0.05, 0) is 31.2 Å². The van der Waals surface area contributed by atoms with Gasteiger partial charge in [-0.1, -0.05) is 21.6 Å². The first-order valence-electron chi connectivity index (χ1n) is 16.0. The second kappa shape index (κ2) is 23.6. The number of amides is 4. The molecule has 1 aromatic heterocycles. The summed E-state index contributed by atoms with van der Waals surface area (Å²) in [5.41, 5.74) is 1.49. The Hall–Kier alpha value is -3.75. The maximum absolute atomic E-state index is 12.5. The van der Waals surface area contributed by atoms with E-state index < -0.39 is 17.8 Å². The molecular formula is C31H43N7O10S2. The SMILES string of the molecule is Cc1nnc(-c2ccc(N(C)C(=O)CCOCCOCCOCCOCCNC(=O)CCSSCCC(=O)ON3C(=O)CCC3=O)cc2)nn1. The highest BCUT2D eigenvalue weighted by Crippen LogP contribution is 2.23. The molecule has 0 spiro atoms. The summed E-state index contributed by atoms with van der Waals surface area (Å²) in [6.07, 6.45) is 0.723. The summed E-state index contributed by atoms with van der Waals surface area (Å²) in [7, 11) is 4.57. The van der Waals surface area contributed by atoms with Crippen molar-refractivity contribution in [1.82, 2.24) is 30.8 Å². The number of aromatic nitrogens is 4. The first kappa shape index (κ1) is 40.7. The predicted molar refractivity (Wildman–Crippen MR) is 183 cm³/mol. The summed E-state index contributed by atoms with van der Waals surface area (Å²) in [4.78, 5) is 65.4. The van der Waals surface area contributed by atoms with E-state index in [0.717, 1.165) is 11.3 Å². The molecule has 0 saturated carbocycles. The minimum Gasteiger partial charge on any atom is -0.379 e. The monoisotopic (exact) mass is 737 g/mol. The molecular weight excluding hydrogens is 695 g/mol. The molecule has 0 radical (unpaired) electrons. The molecule has 2 heterocycles. The molecule has 1 N–H and O–H groups in total. The average molecular weight is 738 g/mol. The standard InChI is InChI=1S/C31H43N7O10S2/c1-23-33-35-31(36-34-23)24-3-5-25(6-4-24)37(2)27(40)9-13-44-15-17-46-19-20-47-18-16-45-14-12-32-26(39)10-21-49-50-22-11-30(43)48-38-28(41)7-8-29(38)42/h3-6H,7-22H2,1-2H3,(H,32,39). The third kappa shape index (κ3) is 15.9. The first-order chi connectivity index (χ1) is 24.2. The molecule has 0 bridgehead atoms. The molecule has 1 saturated heterocycles. The number of hydrogen-bond acceptors (Lipinski definition) is 16. The lowest BCUT2D eigenvalue weighted by Crippen LogP contribution is -2.32. The summed E-state index contributed by atoms with van der Waals surface area (Å²) < 4.78 is 21.9. The topological polar surface area (TPSA) is 202 Å². The summed E-state index contributed by atoms with van der Waals surface area (Å²) in [5, 5.41) is 19.2. The largest absolute Gasteiger partial charge is 0.379 e. The van der Waals surface area contributed by atoms with Gasteiger partial charge in [-0.3, -0.25) is 19.2 Å². The molecule has 0 aliphatic carbocycles. The van der Waals surface area contributed by atoms with E-state index >= 15 is 0 Å². The molecule has 1 aliphatic heterocycles. The number of nitrogens with zero attached hydrogens (tertiary/aromatic N) is 6. The van der Waals surface area contributed by atoms with Crippen LogP contribution in [-0.2, 0) is 47.8 Å². The van der Waals surface area contributed by atoms with E-state index in [1.165, 1.54) is 21.6 Å². The van der Waals surface area contributed by atoms with E-state index in [-0.39, 0.29) is 44.1 Å². The quantitative estimate of drug-likeness (QED) is 0.0873. The van der Waals surface area contributed by atoms with Crippen LogP contribution in [0.25, 0.3) is 11.4 Å². The lowest BCUT2D eigenvalue weighted by atomic mass is 10.2. The Bertz CT molecular complexity index is 1360. The van der Waals surface area contributed by atoms with Gasteiger partial charge in [0.1, 0.15) is 0 Å². The molecule has 2 aromatic rings. The zero-order valence-electron chi connectivity index (χ0n) is 28.2. The number of ether oxygens (including phenoxy) is 4. The minimum atomic E-state index is -0.640. The maximum Gasteiger partial charge on any atom is 0.334 e. The van der Waals surface area contributed by atoms with Crippen LogP contribution in [-0.4, -0.2) is 133 Å². The average Bonchev–Trinajstić information content (AvgIpc) is 3.43. The summed E-state index contributed by atoms with van der Waals surface area (Å²) in [5.74, 6) is 0.0813. The molecule has 0 atom stereocenters. The second-order valence-electron chi connectivity index (χ2n) is 10.5. The fourth-order valence-corrected chi connectivity index (χ4v) is 5.96. The number of imide groups is 1. The number of nitrogens with one attached hydrogen (secondary N) is 1. The van der Waals surface area contributed by atoms with Gasteiger partial charge in [-0.15, -0.1) is 25.5 Å². The Balaban J connectivity index is 1.04. The van der Waals surface area contributed by atoms with Gasteiger partial charge in [-0.25, -0.2) is 4.79 Å². The predicted octanol–water partition coefficient (Wildman–Crippen LogP) is 1.55. The first-order valence-corrected chi connectivity index (χ1v) is 18.5. The molecule has 3 rings (SSSR count). The molecule has 0 unspecified atom stereocenters. The van der Waals surface area contributed by atoms with Crippen molar-refractivity contribution >= 4 is 56.9 Å². The second-order valence-corrected chi connectivity index (χ2v) is 13.2. The van der Waals surface area contributed by atoms with Gasteiger partial charge >= 0.3 is 5.97 Å². The van der Waals surface area contributed by atoms with Crippen LogP contribution in [0.3, 0.4) is 0 Å². The van der Waals surface area contributed by atoms with Gasteiger partial charge in [0.2, 0.25) is 17.6 Å². The van der Waals surface area contributed by atoms with Gasteiger partial charge < -0.3 is 34.0 Å². The van der Waals surface area contributed by atoms with Crippen molar-refractivity contribution in [3.8, 4) is 11.4 Å². The Kier molecular flexibility index (Phi) is 19.2. The van der Waals surface area contributed by atoms with Crippen LogP contribution in [0.1, 0.15) is 37.9 Å². The van der Waals surface area contributed by atoms with Gasteiger partial charge in [0.25, 0.3) is 11.8 Å². The van der Waals surface area contributed by atoms with Crippen LogP contribution in [0.15, 0.2) is 24.3 Å². The summed E-state index contributed by atoms with van der Waals surface area (Å²) in [6.45, 7) is 5.06. The van der Waals surface area contributed by atoms with Crippen molar-refractivity contribution in [3.05, 3.63) is 30.1 Å². The van der Waals surface area contributed by atoms with Gasteiger partial charge in [0.15, 0.2) is 5.82 Å². The van der Waals surface area contributed by atoms with Crippen LogP contribution in [0.5, 0.6) is 0 Å². The van der Waals surface area contributed by atoms with Crippen molar-refractivity contribution < 1.29 is 47.8 Å². The fourth-order valence-electron chi connectivity index (χ4n) is 4.00. The highest BCUT2D eigenvalue weighted by Gasteiger charge is 2.32. The highest BCUT2D eigenvalue weighted by atomic mass is 33.1. The zero-order valence-corrected chi connectivity index (χ0v) is 29.8. The van der Waals surface area contributed by atoms with E-state index in [2.05, 4.69) is 25.7 Å². The number of hydrogen-bond donors (Lipinski definition) is 1. The number of rotatable bonds is 25. The van der Waals surface area contributed by atoms with E-state index in [1.54, 1.807) is 18.9 Å². The summed E-state index contributed by atoms with van der Waals surface area (Å²) >= 11 is 0. The lowest BCUT2D eigenvalue weighted by Gasteiger charge is -2.17. The van der Waals surface area contributed by atoms with Crippen molar-refractivity contribution in [3.63, 3.8) is 0 Å². The Labute approximate surface area is 298 Å². The maximum atomic E-state index is 12.5. The molecule has 1 fully saturated rings. The molecule has 1 aromatic carbocycles. The van der Waals surface area contributed by atoms with Crippen LogP contribution in [0.4, 0.5) is 5.69 Å².